The Morgan fingerprint density at radius 1 is 1.60 bits per heavy atom. The number of likely N-dealkylation sites (tertiary alicyclic amines) is 1. The highest BCUT2D eigenvalue weighted by molar-refractivity contribution is 5.65. The van der Waals surface area contributed by atoms with E-state index >= 15 is 0 Å². The summed E-state index contributed by atoms with van der Waals surface area (Å²) >= 11 is 0. The van der Waals surface area contributed by atoms with Crippen molar-refractivity contribution in [3.8, 4) is 0 Å². The molecule has 1 saturated heterocycles. The number of nitrogens with one attached hydrogen (secondary N) is 1. The fraction of sp³-hybridized carbons (Fsp3) is 0.900. The molecule has 2 N–H and O–H groups in total. The maximum Gasteiger partial charge on any atom is 0.407 e. The average molecular weight is 215 g/mol. The zero-order valence-corrected chi connectivity index (χ0v) is 9.57. The summed E-state index contributed by atoms with van der Waals surface area (Å²) in [5.74, 6) is 0. The molecule has 0 aromatic heterocycles. The van der Waals surface area contributed by atoms with Gasteiger partial charge in [0.05, 0.1) is 0 Å². The lowest BCUT2D eigenvalue weighted by Gasteiger charge is -2.31. The lowest BCUT2D eigenvalue weighted by Crippen LogP contribution is -2.48. The van der Waals surface area contributed by atoms with Gasteiger partial charge in [-0.2, -0.15) is 0 Å². The lowest BCUT2D eigenvalue weighted by molar-refractivity contribution is 0.126. The number of rotatable bonds is 4. The topological polar surface area (TPSA) is 55.8 Å². The Bertz CT molecular complexity index is 209. The first-order chi connectivity index (χ1) is 7.09. The van der Waals surface area contributed by atoms with Crippen molar-refractivity contribution >= 4 is 6.09 Å². The summed E-state index contributed by atoms with van der Waals surface area (Å²) in [6, 6.07) is 0.329. The second-order valence-corrected chi connectivity index (χ2v) is 4.33. The van der Waals surface area contributed by atoms with Gasteiger partial charge >= 0.3 is 6.09 Å². The van der Waals surface area contributed by atoms with Crippen molar-refractivity contribution in [3.05, 3.63) is 0 Å². The van der Waals surface area contributed by atoms with Gasteiger partial charge in [0.15, 0.2) is 0 Å². The quantitative estimate of drug-likeness (QED) is 0.707. The van der Waals surface area contributed by atoms with Crippen molar-refractivity contribution in [2.75, 3.05) is 40.3 Å². The molecule has 1 aliphatic rings. The van der Waals surface area contributed by atoms with Crippen LogP contribution in [0, 0.1) is 0 Å². The monoisotopic (exact) mass is 215 g/mol. The van der Waals surface area contributed by atoms with E-state index in [-0.39, 0.29) is 0 Å². The van der Waals surface area contributed by atoms with Crippen LogP contribution in [0.15, 0.2) is 0 Å². The minimum Gasteiger partial charge on any atom is -0.465 e. The molecule has 0 bridgehead atoms. The van der Waals surface area contributed by atoms with Gasteiger partial charge in [-0.15, -0.1) is 0 Å². The number of likely N-dealkylation sites (N-methyl/N-ethyl adjacent to an activating group) is 1. The molecule has 1 aliphatic heterocycles. The number of carboxylic acid groups (broad SMARTS) is 1. The van der Waals surface area contributed by atoms with Crippen LogP contribution in [-0.4, -0.2) is 67.3 Å². The van der Waals surface area contributed by atoms with Crippen molar-refractivity contribution in [2.24, 2.45) is 0 Å². The third-order valence-electron chi connectivity index (χ3n) is 2.68. The predicted molar refractivity (Wildman–Crippen MR) is 59.2 cm³/mol. The van der Waals surface area contributed by atoms with E-state index in [1.54, 1.807) is 0 Å². The van der Waals surface area contributed by atoms with E-state index in [2.05, 4.69) is 10.2 Å². The summed E-state index contributed by atoms with van der Waals surface area (Å²) in [6.07, 6.45) is 1.25. The van der Waals surface area contributed by atoms with Gasteiger partial charge in [-0.05, 0) is 26.9 Å². The van der Waals surface area contributed by atoms with Gasteiger partial charge in [-0.3, -0.25) is 0 Å². The summed E-state index contributed by atoms with van der Waals surface area (Å²) in [5, 5.41) is 12.3. The van der Waals surface area contributed by atoms with Crippen molar-refractivity contribution in [1.29, 1.82) is 0 Å². The van der Waals surface area contributed by atoms with Gasteiger partial charge in [0, 0.05) is 32.2 Å². The molecule has 0 aromatic carbocycles. The minimum absolute atomic E-state index is 0.329. The maximum absolute atomic E-state index is 10.8. The van der Waals surface area contributed by atoms with Crippen LogP contribution in [0.2, 0.25) is 0 Å². The molecule has 0 radical (unpaired) electrons. The van der Waals surface area contributed by atoms with Crippen LogP contribution in [0.1, 0.15) is 12.8 Å². The Morgan fingerprint density at radius 2 is 2.33 bits per heavy atom. The molecule has 1 heterocycles. The predicted octanol–water partition coefficient (Wildman–Crippen LogP) is 0.280. The Hall–Kier alpha value is -0.810. The zero-order valence-electron chi connectivity index (χ0n) is 9.57. The number of carbonyl (C=O) groups is 1. The summed E-state index contributed by atoms with van der Waals surface area (Å²) in [5.41, 5.74) is 0. The Balaban J connectivity index is 2.21. The number of amides is 1. The van der Waals surface area contributed by atoms with Crippen LogP contribution in [0.25, 0.3) is 0 Å². The highest BCUT2D eigenvalue weighted by Gasteiger charge is 2.22. The molecule has 5 heteroatoms. The number of hydrogen-bond donors (Lipinski definition) is 2. The lowest BCUT2D eigenvalue weighted by atomic mass is 10.1. The van der Waals surface area contributed by atoms with Crippen LogP contribution in [0.3, 0.4) is 0 Å². The molecule has 1 atom stereocenters. The first kappa shape index (κ1) is 12.3. The van der Waals surface area contributed by atoms with Crippen LogP contribution in [0.5, 0.6) is 0 Å². The molecule has 15 heavy (non-hydrogen) atoms. The Kier molecular flexibility index (Phi) is 4.84. The smallest absolute Gasteiger partial charge is 0.407 e. The zero-order chi connectivity index (χ0) is 11.3. The molecule has 0 spiro atoms. The summed E-state index contributed by atoms with van der Waals surface area (Å²) < 4.78 is 0. The van der Waals surface area contributed by atoms with E-state index in [4.69, 9.17) is 5.11 Å². The number of nitrogens with zero attached hydrogens (tertiary/aromatic N) is 2. The number of hydrogen-bond acceptors (Lipinski definition) is 3. The van der Waals surface area contributed by atoms with E-state index in [0.29, 0.717) is 19.1 Å². The largest absolute Gasteiger partial charge is 0.465 e. The van der Waals surface area contributed by atoms with Crippen molar-refractivity contribution in [1.82, 2.24) is 15.1 Å². The Labute approximate surface area is 91.0 Å². The van der Waals surface area contributed by atoms with E-state index in [1.165, 1.54) is 4.90 Å². The third-order valence-corrected chi connectivity index (χ3v) is 2.68. The summed E-state index contributed by atoms with van der Waals surface area (Å²) in [7, 11) is 4.07. The van der Waals surface area contributed by atoms with Gasteiger partial charge in [0.2, 0.25) is 0 Å². The van der Waals surface area contributed by atoms with Crippen LogP contribution < -0.4 is 5.32 Å². The Morgan fingerprint density at radius 3 is 2.93 bits per heavy atom. The molecule has 1 fully saturated rings. The maximum atomic E-state index is 10.8. The standard InChI is InChI=1S/C10H21N3O2/c1-12(2)7-5-11-9-4-3-6-13(8-9)10(14)15/h9,11H,3-8H2,1-2H3,(H,14,15)/t9-/m1/s1. The molecule has 1 rings (SSSR count). The van der Waals surface area contributed by atoms with Gasteiger partial charge in [0.1, 0.15) is 0 Å². The molecule has 0 unspecified atom stereocenters. The third kappa shape index (κ3) is 4.48. The minimum atomic E-state index is -0.797. The van der Waals surface area contributed by atoms with Crippen LogP contribution in [0.4, 0.5) is 4.79 Å². The second-order valence-electron chi connectivity index (χ2n) is 4.33. The second kappa shape index (κ2) is 5.92. The van der Waals surface area contributed by atoms with Gasteiger partial charge in [0.25, 0.3) is 0 Å². The molecule has 0 aromatic rings. The number of piperidine rings is 1. The van der Waals surface area contributed by atoms with Crippen molar-refractivity contribution in [2.45, 2.75) is 18.9 Å². The molecule has 0 aliphatic carbocycles. The first-order valence-corrected chi connectivity index (χ1v) is 5.45. The van der Waals surface area contributed by atoms with Crippen LogP contribution in [-0.2, 0) is 0 Å². The normalized spacial score (nSPS) is 22.1. The summed E-state index contributed by atoms with van der Waals surface area (Å²) in [6.45, 7) is 3.22. The first-order valence-electron chi connectivity index (χ1n) is 5.45. The molecule has 88 valence electrons. The molecule has 0 saturated carbocycles. The van der Waals surface area contributed by atoms with Crippen molar-refractivity contribution < 1.29 is 9.90 Å². The van der Waals surface area contributed by atoms with E-state index < -0.39 is 6.09 Å². The SMILES string of the molecule is CN(C)CCN[C@@H]1CCCN(C(=O)O)C1. The fourth-order valence-corrected chi connectivity index (χ4v) is 1.81. The molecular formula is C10H21N3O2. The van der Waals surface area contributed by atoms with E-state index in [9.17, 15) is 4.79 Å². The molecular weight excluding hydrogens is 194 g/mol. The molecule has 5 nitrogen and oxygen atoms in total. The molecule has 1 amide bonds. The average Bonchev–Trinajstić information content (AvgIpc) is 2.17. The van der Waals surface area contributed by atoms with Crippen LogP contribution >= 0.6 is 0 Å². The van der Waals surface area contributed by atoms with Gasteiger partial charge < -0.3 is 20.2 Å². The summed E-state index contributed by atoms with van der Waals surface area (Å²) in [4.78, 5) is 14.4. The van der Waals surface area contributed by atoms with Gasteiger partial charge in [-0.25, -0.2) is 4.79 Å². The highest BCUT2D eigenvalue weighted by Crippen LogP contribution is 2.09. The van der Waals surface area contributed by atoms with Gasteiger partial charge in [-0.1, -0.05) is 0 Å². The van der Waals surface area contributed by atoms with Crippen molar-refractivity contribution in [3.63, 3.8) is 0 Å². The highest BCUT2D eigenvalue weighted by atomic mass is 16.4. The fourth-order valence-electron chi connectivity index (χ4n) is 1.81. The van der Waals surface area contributed by atoms with E-state index in [0.717, 1.165) is 25.9 Å². The van der Waals surface area contributed by atoms with E-state index in [1.807, 2.05) is 14.1 Å².